The van der Waals surface area contributed by atoms with E-state index < -0.39 is 0 Å². The summed E-state index contributed by atoms with van der Waals surface area (Å²) in [5.41, 5.74) is 2.88. The van der Waals surface area contributed by atoms with Gasteiger partial charge in [-0.15, -0.1) is 0 Å². The zero-order valence-electron chi connectivity index (χ0n) is 16.2. The van der Waals surface area contributed by atoms with E-state index in [0.717, 1.165) is 11.1 Å². The van der Waals surface area contributed by atoms with Gasteiger partial charge in [0.1, 0.15) is 5.82 Å². The molecular formula is C21H23FN6O. The average Bonchev–Trinajstić information content (AvgIpc) is 3.22. The second-order valence-corrected chi connectivity index (χ2v) is 6.36. The first-order valence-electron chi connectivity index (χ1n) is 9.16. The lowest BCUT2D eigenvalue weighted by atomic mass is 9.95. The van der Waals surface area contributed by atoms with Gasteiger partial charge < -0.3 is 20.5 Å². The molecular weight excluding hydrogens is 371 g/mol. The molecule has 1 unspecified atom stereocenters. The third-order valence-corrected chi connectivity index (χ3v) is 4.44. The van der Waals surface area contributed by atoms with Crippen LogP contribution in [-0.4, -0.2) is 31.2 Å². The smallest absolute Gasteiger partial charge is 0.252 e. The predicted molar refractivity (Wildman–Crippen MR) is 112 cm³/mol. The first kappa shape index (κ1) is 20.1. The van der Waals surface area contributed by atoms with Crippen molar-refractivity contribution >= 4 is 18.2 Å². The van der Waals surface area contributed by atoms with Crippen molar-refractivity contribution in [2.24, 2.45) is 4.99 Å². The topological polar surface area (TPSA) is 98.3 Å². The zero-order chi connectivity index (χ0) is 20.6. The van der Waals surface area contributed by atoms with Crippen LogP contribution in [0.4, 0.5) is 10.3 Å². The molecule has 0 aliphatic rings. The number of rotatable bonds is 7. The van der Waals surface area contributed by atoms with Crippen LogP contribution in [0.1, 0.15) is 24.1 Å². The van der Waals surface area contributed by atoms with Gasteiger partial charge in [-0.3, -0.25) is 5.41 Å². The lowest BCUT2D eigenvalue weighted by molar-refractivity contribution is 0.419. The van der Waals surface area contributed by atoms with Gasteiger partial charge in [-0.25, -0.2) is 9.38 Å². The number of hydrogen-bond donors (Lipinski definition) is 4. The van der Waals surface area contributed by atoms with Crippen LogP contribution in [0.2, 0.25) is 0 Å². The van der Waals surface area contributed by atoms with Gasteiger partial charge in [0.2, 0.25) is 0 Å². The van der Waals surface area contributed by atoms with E-state index in [2.05, 4.69) is 26.1 Å². The van der Waals surface area contributed by atoms with E-state index >= 15 is 0 Å². The summed E-state index contributed by atoms with van der Waals surface area (Å²) in [4.78, 5) is 4.13. The highest BCUT2D eigenvalue weighted by Crippen LogP contribution is 2.30. The van der Waals surface area contributed by atoms with E-state index in [1.54, 1.807) is 19.2 Å². The third-order valence-electron chi connectivity index (χ3n) is 4.44. The average molecular weight is 394 g/mol. The van der Waals surface area contributed by atoms with E-state index in [0.29, 0.717) is 23.8 Å². The van der Waals surface area contributed by atoms with Crippen LogP contribution in [-0.2, 0) is 0 Å². The van der Waals surface area contributed by atoms with Crippen LogP contribution in [0.15, 0.2) is 64.1 Å². The summed E-state index contributed by atoms with van der Waals surface area (Å²) in [5, 5.41) is 19.7. The zero-order valence-corrected chi connectivity index (χ0v) is 16.2. The van der Waals surface area contributed by atoms with Gasteiger partial charge in [-0.1, -0.05) is 54.5 Å². The van der Waals surface area contributed by atoms with Crippen molar-refractivity contribution in [3.63, 3.8) is 0 Å². The van der Waals surface area contributed by atoms with Crippen molar-refractivity contribution in [1.82, 2.24) is 21.1 Å². The van der Waals surface area contributed by atoms with Gasteiger partial charge in [0.25, 0.3) is 5.88 Å². The quantitative estimate of drug-likeness (QED) is 0.212. The Labute approximate surface area is 168 Å². The van der Waals surface area contributed by atoms with E-state index in [9.17, 15) is 4.39 Å². The molecule has 4 N–H and O–H groups in total. The molecule has 150 valence electrons. The fraction of sp³-hybridized carbons (Fsp3) is 0.190. The van der Waals surface area contributed by atoms with Gasteiger partial charge in [0, 0.05) is 24.6 Å². The molecule has 0 aliphatic carbocycles. The lowest BCUT2D eigenvalue weighted by Gasteiger charge is -2.11. The molecule has 2 aromatic carbocycles. The number of aromatic nitrogens is 1. The summed E-state index contributed by atoms with van der Waals surface area (Å²) in [6.07, 6.45) is 1.46. The molecule has 1 aromatic heterocycles. The monoisotopic (exact) mass is 394 g/mol. The van der Waals surface area contributed by atoms with E-state index in [1.807, 2.05) is 43.3 Å². The van der Waals surface area contributed by atoms with Crippen molar-refractivity contribution in [2.75, 3.05) is 13.7 Å². The van der Waals surface area contributed by atoms with Crippen molar-refractivity contribution in [1.29, 1.82) is 5.41 Å². The highest BCUT2D eigenvalue weighted by molar-refractivity contribution is 5.76. The van der Waals surface area contributed by atoms with E-state index in [1.165, 1.54) is 12.4 Å². The summed E-state index contributed by atoms with van der Waals surface area (Å²) < 4.78 is 19.9. The molecule has 0 aliphatic heterocycles. The first-order valence-corrected chi connectivity index (χ1v) is 9.16. The summed E-state index contributed by atoms with van der Waals surface area (Å²) in [6.45, 7) is 2.28. The molecule has 1 atom stereocenters. The summed E-state index contributed by atoms with van der Waals surface area (Å²) in [6, 6.07) is 16.4. The highest BCUT2D eigenvalue weighted by Gasteiger charge is 2.16. The molecule has 1 heterocycles. The molecule has 7 nitrogen and oxygen atoms in total. The van der Waals surface area contributed by atoms with Gasteiger partial charge in [0.05, 0.1) is 18.7 Å². The molecule has 8 heteroatoms. The van der Waals surface area contributed by atoms with Crippen LogP contribution < -0.4 is 16.0 Å². The Morgan fingerprint density at radius 3 is 2.76 bits per heavy atom. The number of benzene rings is 2. The largest absolute Gasteiger partial charge is 0.360 e. The fourth-order valence-corrected chi connectivity index (χ4v) is 2.75. The van der Waals surface area contributed by atoms with Gasteiger partial charge in [-0.2, -0.15) is 0 Å². The summed E-state index contributed by atoms with van der Waals surface area (Å²) in [7, 11) is 1.65. The lowest BCUT2D eigenvalue weighted by Crippen LogP contribution is -2.39. The minimum atomic E-state index is -0.272. The van der Waals surface area contributed by atoms with Crippen LogP contribution in [0.25, 0.3) is 11.1 Å². The third kappa shape index (κ3) is 5.19. The number of hydrogen-bond acceptors (Lipinski definition) is 4. The number of guanidine groups is 1. The summed E-state index contributed by atoms with van der Waals surface area (Å²) in [5.74, 6) is 0.121. The maximum absolute atomic E-state index is 14.6. The predicted octanol–water partition coefficient (Wildman–Crippen LogP) is 3.58. The Morgan fingerprint density at radius 1 is 1.24 bits per heavy atom. The molecule has 3 aromatic rings. The van der Waals surface area contributed by atoms with Crippen LogP contribution in [0.5, 0.6) is 0 Å². The van der Waals surface area contributed by atoms with Crippen LogP contribution in [0.3, 0.4) is 0 Å². The second-order valence-electron chi connectivity index (χ2n) is 6.36. The summed E-state index contributed by atoms with van der Waals surface area (Å²) >= 11 is 0. The van der Waals surface area contributed by atoms with Gasteiger partial charge in [0.15, 0.2) is 5.96 Å². The second kappa shape index (κ2) is 9.50. The SMILES string of the molecule is CNC(=N)NCN/C=N/c1cc(C(C)c2ccc(-c3ccccc3)c(F)c2)no1. The molecule has 0 bridgehead atoms. The molecule has 0 spiro atoms. The van der Waals surface area contributed by atoms with Crippen molar-refractivity contribution < 1.29 is 8.91 Å². The standard InChI is InChI=1S/C21H23FN6O/c1-14(16-8-9-17(18(22)10-16)15-6-4-3-5-7-15)19-11-20(29-28-19)26-12-25-13-27-21(23)24-2/h3-12,14H,13H2,1-2H3,(H,25,26)(H3,23,24,27). The maximum Gasteiger partial charge on any atom is 0.252 e. The van der Waals surface area contributed by atoms with E-state index in [-0.39, 0.29) is 17.7 Å². The van der Waals surface area contributed by atoms with Gasteiger partial charge in [-0.05, 0) is 17.2 Å². The number of halogens is 1. The van der Waals surface area contributed by atoms with Crippen LogP contribution in [0, 0.1) is 11.2 Å². The number of nitrogens with zero attached hydrogens (tertiary/aromatic N) is 2. The molecule has 0 saturated heterocycles. The minimum Gasteiger partial charge on any atom is -0.360 e. The maximum atomic E-state index is 14.6. The number of nitrogens with one attached hydrogen (secondary N) is 4. The Morgan fingerprint density at radius 2 is 2.03 bits per heavy atom. The minimum absolute atomic E-state index is 0.146. The van der Waals surface area contributed by atoms with Gasteiger partial charge >= 0.3 is 0 Å². The molecule has 0 radical (unpaired) electrons. The normalized spacial score (nSPS) is 12.0. The molecule has 0 saturated carbocycles. The van der Waals surface area contributed by atoms with E-state index in [4.69, 9.17) is 9.93 Å². The molecule has 0 fully saturated rings. The van der Waals surface area contributed by atoms with Crippen molar-refractivity contribution in [3.8, 4) is 11.1 Å². The van der Waals surface area contributed by atoms with Crippen molar-refractivity contribution in [2.45, 2.75) is 12.8 Å². The Hall–Kier alpha value is -3.68. The van der Waals surface area contributed by atoms with Crippen LogP contribution >= 0.6 is 0 Å². The Balaban J connectivity index is 1.64. The fourth-order valence-electron chi connectivity index (χ4n) is 2.75. The Kier molecular flexibility index (Phi) is 6.57. The first-order chi connectivity index (χ1) is 14.1. The highest BCUT2D eigenvalue weighted by atomic mass is 19.1. The molecule has 3 rings (SSSR count). The van der Waals surface area contributed by atoms with Crippen molar-refractivity contribution in [3.05, 3.63) is 71.7 Å². The molecule has 29 heavy (non-hydrogen) atoms. The molecule has 0 amide bonds. The number of aliphatic imine (C=N–C) groups is 1. The Bertz CT molecular complexity index is 986.